The predicted molar refractivity (Wildman–Crippen MR) is 136 cm³/mol. The molecule has 0 aliphatic heterocycles. The number of benzene rings is 2. The van der Waals surface area contributed by atoms with Gasteiger partial charge in [-0.05, 0) is 22.0 Å². The van der Waals surface area contributed by atoms with Crippen LogP contribution in [0.5, 0.6) is 0 Å². The summed E-state index contributed by atoms with van der Waals surface area (Å²) < 4.78 is 0. The quantitative estimate of drug-likeness (QED) is 0.214. The van der Waals surface area contributed by atoms with E-state index in [4.69, 9.17) is 17.0 Å². The third-order valence-electron chi connectivity index (χ3n) is 4.90. The van der Waals surface area contributed by atoms with Crippen molar-refractivity contribution in [3.05, 3.63) is 65.2 Å². The van der Waals surface area contributed by atoms with Crippen molar-refractivity contribution in [2.24, 2.45) is 0 Å². The van der Waals surface area contributed by atoms with Crippen LogP contribution in [-0.2, 0) is 31.7 Å². The first kappa shape index (κ1) is 27.8. The summed E-state index contributed by atoms with van der Waals surface area (Å²) in [7, 11) is 11.0. The summed E-state index contributed by atoms with van der Waals surface area (Å²) in [5.74, 6) is 0. The van der Waals surface area contributed by atoms with Crippen molar-refractivity contribution >= 4 is 37.3 Å². The molecule has 2 radical (unpaired) electrons. The van der Waals surface area contributed by atoms with Crippen LogP contribution in [0.4, 0.5) is 0 Å². The van der Waals surface area contributed by atoms with Crippen LogP contribution in [0.25, 0.3) is 21.9 Å². The topological polar surface area (TPSA) is 0 Å². The van der Waals surface area contributed by atoms with Crippen LogP contribution in [0.15, 0.2) is 48.5 Å². The van der Waals surface area contributed by atoms with Crippen molar-refractivity contribution < 1.29 is 20.8 Å². The second-order valence-electron chi connectivity index (χ2n) is 9.71. The van der Waals surface area contributed by atoms with E-state index in [0.29, 0.717) is 0 Å². The Morgan fingerprint density at radius 1 is 0.800 bits per heavy atom. The Labute approximate surface area is 205 Å². The van der Waals surface area contributed by atoms with Gasteiger partial charge < -0.3 is 0 Å². The van der Waals surface area contributed by atoms with E-state index in [1.807, 2.05) is 0 Å². The maximum absolute atomic E-state index is 4.93. The van der Waals surface area contributed by atoms with Crippen LogP contribution >= 0.6 is 17.0 Å². The third kappa shape index (κ3) is 8.01. The Morgan fingerprint density at radius 3 is 1.70 bits per heavy atom. The fourth-order valence-electron chi connectivity index (χ4n) is 3.29. The minimum absolute atomic E-state index is 0.152. The molecule has 162 valence electrons. The molecular formula is C26H35Cl2SiZr-. The van der Waals surface area contributed by atoms with E-state index in [1.165, 1.54) is 38.6 Å². The molecule has 0 amide bonds. The van der Waals surface area contributed by atoms with Crippen LogP contribution in [0.2, 0.25) is 13.1 Å². The summed E-state index contributed by atoms with van der Waals surface area (Å²) in [6.45, 7) is 20.1. The first-order chi connectivity index (χ1) is 13.9. The summed E-state index contributed by atoms with van der Waals surface area (Å²) in [6, 6.07) is 18.5. The fraction of sp³-hybridized carbons (Fsp3) is 0.423. The van der Waals surface area contributed by atoms with Crippen molar-refractivity contribution in [1.82, 2.24) is 0 Å². The Bertz CT molecular complexity index is 911. The Hall–Kier alpha value is -0.270. The average Bonchev–Trinajstić information content (AvgIpc) is 3.01. The predicted octanol–water partition coefficient (Wildman–Crippen LogP) is 9.29. The number of hydrogen-bond acceptors (Lipinski definition) is 0. The van der Waals surface area contributed by atoms with E-state index < -0.39 is 20.8 Å². The van der Waals surface area contributed by atoms with E-state index in [1.54, 1.807) is 0 Å². The van der Waals surface area contributed by atoms with Crippen molar-refractivity contribution in [1.29, 1.82) is 0 Å². The molecule has 0 saturated carbocycles. The summed E-state index contributed by atoms with van der Waals surface area (Å²) in [6.07, 6.45) is 0. The molecule has 0 unspecified atom stereocenters. The second kappa shape index (κ2) is 12.1. The van der Waals surface area contributed by atoms with Gasteiger partial charge >= 0.3 is 37.9 Å². The van der Waals surface area contributed by atoms with Crippen LogP contribution in [0.1, 0.15) is 58.2 Å². The Kier molecular flexibility index (Phi) is 11.2. The van der Waals surface area contributed by atoms with Gasteiger partial charge in [0.1, 0.15) is 0 Å². The number of aryl methyl sites for hydroxylation is 1. The standard InChI is InChI=1S/C24H29.C2H6Si.2ClH.Zr/c1-16-12-18-14-20(24(5,6)7)15-22(21(18)13-16)17-8-10-19(11-9-17)23(2,3)4;1-3-2;;;/h8-15H,1-7H3;1-2H3;2*1H;/q-1;;;;+2/p-2. The van der Waals surface area contributed by atoms with Gasteiger partial charge in [-0.2, -0.15) is 6.07 Å². The summed E-state index contributed by atoms with van der Waals surface area (Å²) in [4.78, 5) is 0. The summed E-state index contributed by atoms with van der Waals surface area (Å²) in [5.41, 5.74) is 7.13. The molecule has 0 aromatic heterocycles. The van der Waals surface area contributed by atoms with E-state index in [2.05, 4.69) is 110 Å². The van der Waals surface area contributed by atoms with Crippen LogP contribution < -0.4 is 0 Å². The van der Waals surface area contributed by atoms with Gasteiger partial charge in [0.25, 0.3) is 0 Å². The van der Waals surface area contributed by atoms with Crippen LogP contribution in [0.3, 0.4) is 0 Å². The van der Waals surface area contributed by atoms with Gasteiger partial charge in [-0.15, -0.1) is 28.5 Å². The molecule has 30 heavy (non-hydrogen) atoms. The van der Waals surface area contributed by atoms with Crippen molar-refractivity contribution in [2.45, 2.75) is 72.4 Å². The molecular weight excluding hydrogens is 503 g/mol. The third-order valence-corrected chi connectivity index (χ3v) is 4.90. The zero-order chi connectivity index (χ0) is 23.1. The zero-order valence-electron chi connectivity index (χ0n) is 19.9. The van der Waals surface area contributed by atoms with E-state index in [9.17, 15) is 0 Å². The molecule has 4 heteroatoms. The molecule has 0 bridgehead atoms. The first-order valence-electron chi connectivity index (χ1n) is 10.3. The molecule has 0 N–H and O–H groups in total. The van der Waals surface area contributed by atoms with Gasteiger partial charge in [-0.1, -0.05) is 103 Å². The molecule has 0 aliphatic carbocycles. The van der Waals surface area contributed by atoms with Crippen molar-refractivity contribution in [3.63, 3.8) is 0 Å². The number of rotatable bonds is 1. The molecule has 0 aliphatic rings. The molecule has 0 saturated heterocycles. The molecule has 3 rings (SSSR count). The molecule has 0 heterocycles. The minimum atomic E-state index is -0.826. The van der Waals surface area contributed by atoms with E-state index in [0.717, 1.165) is 9.52 Å². The summed E-state index contributed by atoms with van der Waals surface area (Å²) >= 11 is -0.826. The SMILES string of the molecule is C[Si]C.Cc1cc2c(-c3ccc(C(C)(C)C)cc3)cc(C(C)(C)C)cc2[cH-]1.[Cl][Zr][Cl]. The average molecular weight is 538 g/mol. The normalized spacial score (nSPS) is 11.3. The van der Waals surface area contributed by atoms with Gasteiger partial charge in [0.05, 0.1) is 0 Å². The Morgan fingerprint density at radius 2 is 1.27 bits per heavy atom. The fourth-order valence-corrected chi connectivity index (χ4v) is 3.29. The monoisotopic (exact) mass is 535 g/mol. The number of hydrogen-bond donors (Lipinski definition) is 0. The zero-order valence-corrected chi connectivity index (χ0v) is 24.8. The molecule has 0 fully saturated rings. The molecule has 0 spiro atoms. The summed E-state index contributed by atoms with van der Waals surface area (Å²) in [5, 5.41) is 2.72. The van der Waals surface area contributed by atoms with Gasteiger partial charge in [-0.25, -0.2) is 0 Å². The van der Waals surface area contributed by atoms with E-state index in [-0.39, 0.29) is 10.8 Å². The van der Waals surface area contributed by atoms with Crippen LogP contribution in [0, 0.1) is 6.92 Å². The van der Waals surface area contributed by atoms with Gasteiger partial charge in [0.2, 0.25) is 0 Å². The number of halogens is 2. The molecule has 3 aromatic rings. The van der Waals surface area contributed by atoms with Crippen molar-refractivity contribution in [2.75, 3.05) is 0 Å². The molecule has 3 aromatic carbocycles. The van der Waals surface area contributed by atoms with Crippen molar-refractivity contribution in [3.8, 4) is 11.1 Å². The second-order valence-corrected chi connectivity index (χ2v) is 14.4. The number of fused-ring (bicyclic) bond motifs is 1. The van der Waals surface area contributed by atoms with E-state index >= 15 is 0 Å². The van der Waals surface area contributed by atoms with Gasteiger partial charge in [0, 0.05) is 9.52 Å². The van der Waals surface area contributed by atoms with Gasteiger partial charge in [0.15, 0.2) is 0 Å². The molecule has 0 nitrogen and oxygen atoms in total. The Balaban J connectivity index is 0.000000672. The molecule has 0 atom stereocenters. The first-order valence-corrected chi connectivity index (χ1v) is 18.6. The van der Waals surface area contributed by atoms with Gasteiger partial charge in [-0.3, -0.25) is 0 Å². The van der Waals surface area contributed by atoms with Crippen LogP contribution in [-0.4, -0.2) is 9.52 Å². The maximum atomic E-state index is 4.93.